The lowest BCUT2D eigenvalue weighted by atomic mass is 9.33. The molecular weight excluding hydrogens is 629 g/mol. The van der Waals surface area contributed by atoms with Gasteiger partial charge in [-0.1, -0.05) is 54.0 Å². The maximum Gasteiger partial charge on any atom is 0.416 e. The van der Waals surface area contributed by atoms with Crippen molar-refractivity contribution >= 4 is 17.6 Å². The number of aliphatic hydroxyl groups is 1. The molecule has 49 heavy (non-hydrogen) atoms. The number of benzene rings is 1. The van der Waals surface area contributed by atoms with E-state index in [0.29, 0.717) is 6.42 Å². The zero-order valence-corrected chi connectivity index (χ0v) is 30.3. The predicted molar refractivity (Wildman–Crippen MR) is 182 cm³/mol. The molecule has 1 aromatic rings. The quantitative estimate of drug-likeness (QED) is 0.275. The molecule has 0 radical (unpaired) electrons. The van der Waals surface area contributed by atoms with Crippen LogP contribution in [0.2, 0.25) is 0 Å². The third-order valence-corrected chi connectivity index (χ3v) is 15.3. The standard InChI is InChI=1S/C40H55F3N2O4/c1-34(2)29-12-15-39(7)31(37(29,5)14-13-30(34)47)28(46)22-26-27-23-36(4,17-16-35(27,3)18-19-38(26,39)6)33(49)45-21-20-44-32(48)24-8-10-25(11-9-24)40(41,42)43/h8-11,22,27,29-31,47H,12-21,23H2,1-7H3,(H,44,48)(H,45,49)/t27-,29-,30-,31+,35+,36-,37-,38+,39+/m0/s1. The summed E-state index contributed by atoms with van der Waals surface area (Å²) in [6.07, 6.45) is 5.08. The molecule has 5 aliphatic rings. The van der Waals surface area contributed by atoms with Crippen LogP contribution in [0.15, 0.2) is 35.9 Å². The van der Waals surface area contributed by atoms with Crippen molar-refractivity contribution in [2.45, 2.75) is 119 Å². The van der Waals surface area contributed by atoms with Crippen LogP contribution in [-0.4, -0.2) is 41.9 Å². The fourth-order valence-corrected chi connectivity index (χ4v) is 11.9. The number of carbonyl (C=O) groups excluding carboxylic acids is 3. The third-order valence-electron chi connectivity index (χ3n) is 15.3. The van der Waals surface area contributed by atoms with Crippen LogP contribution in [0.3, 0.4) is 0 Å². The second-order valence-electron chi connectivity index (χ2n) is 18.2. The summed E-state index contributed by atoms with van der Waals surface area (Å²) in [5.41, 5.74) is -0.889. The van der Waals surface area contributed by atoms with E-state index in [1.807, 2.05) is 13.0 Å². The highest BCUT2D eigenvalue weighted by atomic mass is 19.4. The average molecular weight is 685 g/mol. The maximum absolute atomic E-state index is 14.5. The second-order valence-corrected chi connectivity index (χ2v) is 18.2. The van der Waals surface area contributed by atoms with E-state index in [4.69, 9.17) is 0 Å². The molecule has 1 aromatic carbocycles. The topological polar surface area (TPSA) is 95.5 Å². The van der Waals surface area contributed by atoms with Crippen molar-refractivity contribution in [1.29, 1.82) is 0 Å². The molecule has 0 aliphatic heterocycles. The predicted octanol–water partition coefficient (Wildman–Crippen LogP) is 7.89. The Hall–Kier alpha value is -2.68. The average Bonchev–Trinajstić information content (AvgIpc) is 3.02. The van der Waals surface area contributed by atoms with Gasteiger partial charge < -0.3 is 15.7 Å². The van der Waals surface area contributed by atoms with Gasteiger partial charge in [-0.2, -0.15) is 13.2 Å². The molecule has 0 heterocycles. The lowest BCUT2D eigenvalue weighted by Crippen LogP contribution is -2.66. The first-order valence-corrected chi connectivity index (χ1v) is 18.3. The van der Waals surface area contributed by atoms with Crippen LogP contribution in [0, 0.1) is 50.2 Å². The second kappa shape index (κ2) is 11.7. The minimum atomic E-state index is -4.47. The van der Waals surface area contributed by atoms with E-state index in [1.165, 1.54) is 5.57 Å². The Balaban J connectivity index is 1.17. The van der Waals surface area contributed by atoms with Gasteiger partial charge >= 0.3 is 6.18 Å². The molecule has 3 N–H and O–H groups in total. The molecular formula is C40H55F3N2O4. The fourth-order valence-electron chi connectivity index (χ4n) is 11.9. The van der Waals surface area contributed by atoms with Crippen molar-refractivity contribution in [1.82, 2.24) is 10.6 Å². The highest BCUT2D eigenvalue weighted by Crippen LogP contribution is 2.75. The van der Waals surface area contributed by atoms with Crippen LogP contribution in [0.4, 0.5) is 13.2 Å². The first-order valence-electron chi connectivity index (χ1n) is 18.3. The molecule has 270 valence electrons. The molecule has 0 spiro atoms. The fraction of sp³-hybridized carbons (Fsp3) is 0.725. The van der Waals surface area contributed by atoms with Crippen molar-refractivity contribution in [2.75, 3.05) is 13.1 Å². The van der Waals surface area contributed by atoms with Crippen molar-refractivity contribution in [3.8, 4) is 0 Å². The van der Waals surface area contributed by atoms with Gasteiger partial charge in [0.05, 0.1) is 11.7 Å². The van der Waals surface area contributed by atoms with Crippen LogP contribution in [0.25, 0.3) is 0 Å². The van der Waals surface area contributed by atoms with Gasteiger partial charge in [0.2, 0.25) is 5.91 Å². The Bertz CT molecular complexity index is 1550. The van der Waals surface area contributed by atoms with Gasteiger partial charge in [-0.15, -0.1) is 0 Å². The molecule has 6 nitrogen and oxygen atoms in total. The van der Waals surface area contributed by atoms with Gasteiger partial charge in [0, 0.05) is 30.0 Å². The number of halogens is 3. The van der Waals surface area contributed by atoms with Crippen molar-refractivity contribution in [3.63, 3.8) is 0 Å². The van der Waals surface area contributed by atoms with Gasteiger partial charge in [-0.3, -0.25) is 14.4 Å². The molecule has 0 saturated heterocycles. The van der Waals surface area contributed by atoms with Crippen LogP contribution in [0.5, 0.6) is 0 Å². The minimum absolute atomic E-state index is 0.00227. The van der Waals surface area contributed by atoms with E-state index in [0.717, 1.165) is 75.6 Å². The first kappa shape index (κ1) is 36.1. The van der Waals surface area contributed by atoms with Crippen molar-refractivity contribution < 1.29 is 32.7 Å². The van der Waals surface area contributed by atoms with Crippen molar-refractivity contribution in [3.05, 3.63) is 47.0 Å². The lowest BCUT2D eigenvalue weighted by Gasteiger charge is -2.70. The number of hydrogen-bond acceptors (Lipinski definition) is 4. The summed E-state index contributed by atoms with van der Waals surface area (Å²) in [4.78, 5) is 40.9. The van der Waals surface area contributed by atoms with E-state index < -0.39 is 23.1 Å². The van der Waals surface area contributed by atoms with Gasteiger partial charge in [0.25, 0.3) is 5.91 Å². The summed E-state index contributed by atoms with van der Waals surface area (Å²) < 4.78 is 38.6. The molecule has 2 amide bonds. The van der Waals surface area contributed by atoms with Gasteiger partial charge in [0.15, 0.2) is 5.78 Å². The number of rotatable bonds is 5. The van der Waals surface area contributed by atoms with Crippen LogP contribution in [-0.2, 0) is 15.8 Å². The van der Waals surface area contributed by atoms with Crippen LogP contribution < -0.4 is 10.6 Å². The summed E-state index contributed by atoms with van der Waals surface area (Å²) in [5, 5.41) is 16.7. The molecule has 4 fully saturated rings. The van der Waals surface area contributed by atoms with Gasteiger partial charge in [-0.25, -0.2) is 0 Å². The number of carbonyl (C=O) groups is 3. The summed E-state index contributed by atoms with van der Waals surface area (Å²) in [5.74, 6) is -0.0560. The highest BCUT2D eigenvalue weighted by molar-refractivity contribution is 5.96. The van der Waals surface area contributed by atoms with Crippen molar-refractivity contribution in [2.24, 2.45) is 50.2 Å². The Labute approximate surface area is 289 Å². The van der Waals surface area contributed by atoms with E-state index in [1.54, 1.807) is 0 Å². The number of nitrogens with one attached hydrogen (secondary N) is 2. The van der Waals surface area contributed by atoms with Crippen LogP contribution in [0.1, 0.15) is 122 Å². The number of fused-ring (bicyclic) bond motifs is 7. The summed E-state index contributed by atoms with van der Waals surface area (Å²) in [7, 11) is 0. The SMILES string of the molecule is CC1(C)[C@@H](O)CC[C@]2(C)[C@H]3C(=O)C=C4[C@@H]5C[C@@](C)(C(=O)NCCNC(=O)c6ccc(C(F)(F)F)cc6)CC[C@]5(C)CC[C@@]4(C)[C@]3(C)CC[C@@H]12. The summed E-state index contributed by atoms with van der Waals surface area (Å²) in [6, 6.07) is 4.06. The number of aliphatic hydroxyl groups excluding tert-OH is 1. The largest absolute Gasteiger partial charge is 0.416 e. The van der Waals surface area contributed by atoms with Crippen LogP contribution >= 0.6 is 0 Å². The van der Waals surface area contributed by atoms with E-state index in [-0.39, 0.29) is 81.3 Å². The number of alkyl halides is 3. The number of allylic oxidation sites excluding steroid dienone is 2. The molecule has 4 saturated carbocycles. The van der Waals surface area contributed by atoms with Gasteiger partial charge in [-0.05, 0) is 127 Å². The Morgan fingerprint density at radius 2 is 1.49 bits per heavy atom. The zero-order chi connectivity index (χ0) is 36.0. The molecule has 6 rings (SSSR count). The first-order chi connectivity index (χ1) is 22.6. The van der Waals surface area contributed by atoms with Gasteiger partial charge in [0.1, 0.15) is 0 Å². The molecule has 0 bridgehead atoms. The molecule has 5 aliphatic carbocycles. The molecule has 9 atom stereocenters. The summed E-state index contributed by atoms with van der Waals surface area (Å²) >= 11 is 0. The van der Waals surface area contributed by atoms with E-state index in [2.05, 4.69) is 52.2 Å². The smallest absolute Gasteiger partial charge is 0.393 e. The zero-order valence-electron chi connectivity index (χ0n) is 30.3. The molecule has 9 heteroatoms. The Morgan fingerprint density at radius 3 is 2.14 bits per heavy atom. The molecule has 0 unspecified atom stereocenters. The monoisotopic (exact) mass is 684 g/mol. The number of amides is 2. The van der Waals surface area contributed by atoms with E-state index >= 15 is 0 Å². The Morgan fingerprint density at radius 1 is 0.857 bits per heavy atom. The maximum atomic E-state index is 14.5. The molecule has 0 aromatic heterocycles. The third kappa shape index (κ3) is 5.50. The number of ketones is 1. The number of hydrogen-bond donors (Lipinski definition) is 3. The summed E-state index contributed by atoms with van der Waals surface area (Å²) in [6.45, 7) is 16.2. The Kier molecular flexibility index (Phi) is 8.61. The minimum Gasteiger partial charge on any atom is -0.393 e. The highest BCUT2D eigenvalue weighted by Gasteiger charge is 2.70. The lowest BCUT2D eigenvalue weighted by molar-refractivity contribution is -0.202. The van der Waals surface area contributed by atoms with E-state index in [9.17, 15) is 32.7 Å². The normalized spacial score (nSPS) is 41.3.